The minimum Gasteiger partial charge on any atom is -0.328 e. The molecular formula is C10H16N2. The summed E-state index contributed by atoms with van der Waals surface area (Å²) >= 11 is 0. The summed E-state index contributed by atoms with van der Waals surface area (Å²) < 4.78 is 0. The molecule has 2 heteroatoms. The van der Waals surface area contributed by atoms with Gasteiger partial charge in [0.05, 0.1) is 6.07 Å². The maximum absolute atomic E-state index is 8.57. The van der Waals surface area contributed by atoms with Crippen molar-refractivity contribution in [3.05, 3.63) is 11.6 Å². The Balaban J connectivity index is 2.41. The van der Waals surface area contributed by atoms with Crippen LogP contribution in [0.3, 0.4) is 0 Å². The molecule has 66 valence electrons. The average Bonchev–Trinajstić information content (AvgIpc) is 2.09. The Morgan fingerprint density at radius 3 is 2.50 bits per heavy atom. The quantitative estimate of drug-likeness (QED) is 0.602. The van der Waals surface area contributed by atoms with Crippen molar-refractivity contribution in [3.8, 4) is 6.07 Å². The van der Waals surface area contributed by atoms with Crippen molar-refractivity contribution in [2.45, 2.75) is 38.6 Å². The third-order valence-electron chi connectivity index (χ3n) is 2.48. The van der Waals surface area contributed by atoms with Crippen molar-refractivity contribution in [1.29, 1.82) is 5.26 Å². The highest BCUT2D eigenvalue weighted by Gasteiger charge is 2.16. The molecule has 0 aromatic carbocycles. The molecule has 1 rings (SSSR count). The summed E-state index contributed by atoms with van der Waals surface area (Å²) in [5.74, 6) is 0.601. The van der Waals surface area contributed by atoms with Gasteiger partial charge in [-0.15, -0.1) is 0 Å². The van der Waals surface area contributed by atoms with Gasteiger partial charge in [0.1, 0.15) is 0 Å². The Kier molecular flexibility index (Phi) is 3.31. The number of nitriles is 1. The molecule has 2 nitrogen and oxygen atoms in total. The van der Waals surface area contributed by atoms with Gasteiger partial charge in [-0.05, 0) is 38.5 Å². The van der Waals surface area contributed by atoms with E-state index in [2.05, 4.69) is 12.1 Å². The number of nitrogens with two attached hydrogens (primary N) is 1. The maximum atomic E-state index is 8.57. The van der Waals surface area contributed by atoms with Gasteiger partial charge in [-0.2, -0.15) is 5.26 Å². The van der Waals surface area contributed by atoms with E-state index < -0.39 is 0 Å². The molecule has 1 fully saturated rings. The number of rotatable bonds is 1. The van der Waals surface area contributed by atoms with E-state index >= 15 is 0 Å². The molecule has 1 saturated carbocycles. The van der Waals surface area contributed by atoms with Crippen molar-refractivity contribution in [3.63, 3.8) is 0 Å². The molecule has 1 aliphatic rings. The standard InChI is InChI=1S/C10H16N2/c1-8(7-11)6-9-2-4-10(12)5-3-9/h6,9-10H,2-5,12H2,1H3. The Hall–Kier alpha value is -0.810. The molecule has 0 atom stereocenters. The fourth-order valence-electron chi connectivity index (χ4n) is 1.70. The second-order valence-electron chi connectivity index (χ2n) is 3.64. The van der Waals surface area contributed by atoms with Crippen LogP contribution in [0.2, 0.25) is 0 Å². The van der Waals surface area contributed by atoms with Crippen molar-refractivity contribution in [1.82, 2.24) is 0 Å². The van der Waals surface area contributed by atoms with E-state index in [9.17, 15) is 0 Å². The van der Waals surface area contributed by atoms with Gasteiger partial charge in [-0.1, -0.05) is 6.08 Å². The van der Waals surface area contributed by atoms with E-state index in [-0.39, 0.29) is 0 Å². The molecule has 0 aromatic heterocycles. The fourth-order valence-corrected chi connectivity index (χ4v) is 1.70. The van der Waals surface area contributed by atoms with E-state index in [4.69, 9.17) is 11.0 Å². The third-order valence-corrected chi connectivity index (χ3v) is 2.48. The predicted octanol–water partition coefficient (Wildman–Crippen LogP) is 1.97. The summed E-state index contributed by atoms with van der Waals surface area (Å²) in [5, 5.41) is 8.57. The van der Waals surface area contributed by atoms with Gasteiger partial charge in [0.15, 0.2) is 0 Å². The largest absolute Gasteiger partial charge is 0.328 e. The molecule has 0 bridgehead atoms. The second-order valence-corrected chi connectivity index (χ2v) is 3.64. The lowest BCUT2D eigenvalue weighted by Gasteiger charge is -2.23. The van der Waals surface area contributed by atoms with Gasteiger partial charge in [0, 0.05) is 11.6 Å². The van der Waals surface area contributed by atoms with E-state index in [1.54, 1.807) is 0 Å². The molecule has 0 aromatic rings. The smallest absolute Gasteiger partial charge is 0.0940 e. The van der Waals surface area contributed by atoms with E-state index in [0.717, 1.165) is 31.3 Å². The van der Waals surface area contributed by atoms with Crippen molar-refractivity contribution in [2.24, 2.45) is 11.7 Å². The van der Waals surface area contributed by atoms with E-state index in [0.29, 0.717) is 12.0 Å². The summed E-state index contributed by atoms with van der Waals surface area (Å²) in [5.41, 5.74) is 6.62. The van der Waals surface area contributed by atoms with Crippen molar-refractivity contribution >= 4 is 0 Å². The van der Waals surface area contributed by atoms with Gasteiger partial charge < -0.3 is 5.73 Å². The topological polar surface area (TPSA) is 49.8 Å². The summed E-state index contributed by atoms with van der Waals surface area (Å²) in [6, 6.07) is 2.55. The monoisotopic (exact) mass is 164 g/mol. The summed E-state index contributed by atoms with van der Waals surface area (Å²) in [6.45, 7) is 1.87. The van der Waals surface area contributed by atoms with E-state index in [1.165, 1.54) is 0 Å². The Morgan fingerprint density at radius 1 is 1.42 bits per heavy atom. The van der Waals surface area contributed by atoms with Crippen molar-refractivity contribution in [2.75, 3.05) is 0 Å². The van der Waals surface area contributed by atoms with Gasteiger partial charge in [-0.25, -0.2) is 0 Å². The first-order valence-electron chi connectivity index (χ1n) is 4.56. The maximum Gasteiger partial charge on any atom is 0.0940 e. The molecule has 0 heterocycles. The van der Waals surface area contributed by atoms with Gasteiger partial charge in [0.2, 0.25) is 0 Å². The van der Waals surface area contributed by atoms with E-state index in [1.807, 2.05) is 6.92 Å². The molecular weight excluding hydrogens is 148 g/mol. The average molecular weight is 164 g/mol. The van der Waals surface area contributed by atoms with Gasteiger partial charge in [-0.3, -0.25) is 0 Å². The van der Waals surface area contributed by atoms with Gasteiger partial charge >= 0.3 is 0 Å². The third kappa shape index (κ3) is 2.67. The van der Waals surface area contributed by atoms with Crippen LogP contribution in [-0.2, 0) is 0 Å². The van der Waals surface area contributed by atoms with Crippen LogP contribution in [0.1, 0.15) is 32.6 Å². The lowest BCUT2D eigenvalue weighted by molar-refractivity contribution is 0.375. The molecule has 0 amide bonds. The number of nitrogens with zero attached hydrogens (tertiary/aromatic N) is 1. The fraction of sp³-hybridized carbons (Fsp3) is 0.700. The first-order chi connectivity index (χ1) is 5.72. The van der Waals surface area contributed by atoms with Crippen LogP contribution in [0.25, 0.3) is 0 Å². The summed E-state index contributed by atoms with van der Waals surface area (Å²) in [6.07, 6.45) is 6.62. The summed E-state index contributed by atoms with van der Waals surface area (Å²) in [4.78, 5) is 0. The predicted molar refractivity (Wildman–Crippen MR) is 49.3 cm³/mol. The van der Waals surface area contributed by atoms with Crippen molar-refractivity contribution < 1.29 is 0 Å². The Morgan fingerprint density at radius 2 is 2.00 bits per heavy atom. The first-order valence-corrected chi connectivity index (χ1v) is 4.56. The van der Waals surface area contributed by atoms with Crippen LogP contribution in [-0.4, -0.2) is 6.04 Å². The van der Waals surface area contributed by atoms with Crippen LogP contribution in [0.4, 0.5) is 0 Å². The number of allylic oxidation sites excluding steroid dienone is 2. The molecule has 0 spiro atoms. The highest BCUT2D eigenvalue weighted by atomic mass is 14.6. The van der Waals surface area contributed by atoms with Crippen LogP contribution >= 0.6 is 0 Å². The van der Waals surface area contributed by atoms with Crippen LogP contribution in [0, 0.1) is 17.2 Å². The zero-order valence-corrected chi connectivity index (χ0v) is 7.59. The molecule has 0 saturated heterocycles. The molecule has 0 aliphatic heterocycles. The normalized spacial score (nSPS) is 31.2. The zero-order valence-electron chi connectivity index (χ0n) is 7.59. The van der Waals surface area contributed by atoms with Crippen LogP contribution < -0.4 is 5.73 Å². The van der Waals surface area contributed by atoms with Crippen LogP contribution in [0.15, 0.2) is 11.6 Å². The highest BCUT2D eigenvalue weighted by Crippen LogP contribution is 2.24. The second kappa shape index (κ2) is 4.27. The van der Waals surface area contributed by atoms with Gasteiger partial charge in [0.25, 0.3) is 0 Å². The highest BCUT2D eigenvalue weighted by molar-refractivity contribution is 5.18. The molecule has 0 radical (unpaired) electrons. The number of hydrogen-bond donors (Lipinski definition) is 1. The Labute approximate surface area is 74.1 Å². The minimum absolute atomic E-state index is 0.400. The first kappa shape index (κ1) is 9.28. The molecule has 2 N–H and O–H groups in total. The lowest BCUT2D eigenvalue weighted by atomic mass is 9.85. The zero-order chi connectivity index (χ0) is 8.97. The molecule has 0 unspecified atom stereocenters. The van der Waals surface area contributed by atoms with Crippen LogP contribution in [0.5, 0.6) is 0 Å². The molecule has 1 aliphatic carbocycles. The summed E-state index contributed by atoms with van der Waals surface area (Å²) in [7, 11) is 0. The SMILES string of the molecule is CC(C#N)=CC1CCC(N)CC1. The minimum atomic E-state index is 0.400. The number of hydrogen-bond acceptors (Lipinski definition) is 2. The Bertz CT molecular complexity index is 204. The molecule has 12 heavy (non-hydrogen) atoms. The lowest BCUT2D eigenvalue weighted by Crippen LogP contribution is -2.25.